The number of ether oxygens (including phenoxy) is 8. The first-order valence-corrected chi connectivity index (χ1v) is 17.9. The largest absolute Gasteiger partial charge is 0.394 e. The number of hydrogen-bond acceptors (Lipinski definition) is 14. The molecular weight excluding hydrogens is 692 g/mol. The molecule has 6 N–H and O–H groups in total. The molecule has 53 heavy (non-hydrogen) atoms. The maximum Gasteiger partial charge on any atom is 0.187 e. The Hall–Kier alpha value is -2.90. The first kappa shape index (κ1) is 39.8. The van der Waals surface area contributed by atoms with E-state index in [1.807, 2.05) is 97.9 Å². The third kappa shape index (κ3) is 10.1. The maximum atomic E-state index is 10.8. The summed E-state index contributed by atoms with van der Waals surface area (Å²) in [4.78, 5) is 0. The van der Waals surface area contributed by atoms with Crippen molar-refractivity contribution in [2.45, 2.75) is 119 Å². The van der Waals surface area contributed by atoms with Crippen LogP contribution in [0.5, 0.6) is 0 Å². The molecule has 0 spiro atoms. The average molecular weight is 743 g/mol. The van der Waals surface area contributed by atoms with E-state index in [1.165, 1.54) is 0 Å². The average Bonchev–Trinajstić information content (AvgIpc) is 3.18. The zero-order valence-electron chi connectivity index (χ0n) is 29.4. The van der Waals surface area contributed by atoms with E-state index in [0.29, 0.717) is 0 Å². The van der Waals surface area contributed by atoms with Gasteiger partial charge in [-0.2, -0.15) is 0 Å². The van der Waals surface area contributed by atoms with Crippen molar-refractivity contribution in [1.29, 1.82) is 0 Å². The highest BCUT2D eigenvalue weighted by Crippen LogP contribution is 2.35. The molecule has 0 amide bonds. The summed E-state index contributed by atoms with van der Waals surface area (Å²) in [7, 11) is 0. The van der Waals surface area contributed by atoms with Crippen molar-refractivity contribution in [2.24, 2.45) is 0 Å². The van der Waals surface area contributed by atoms with Crippen LogP contribution >= 0.6 is 0 Å². The van der Waals surface area contributed by atoms with Gasteiger partial charge in [0.2, 0.25) is 0 Å². The summed E-state index contributed by atoms with van der Waals surface area (Å²) in [6.45, 7) is 1.23. The molecule has 6 rings (SSSR count). The second kappa shape index (κ2) is 19.1. The van der Waals surface area contributed by atoms with Crippen LogP contribution in [0, 0.1) is 0 Å². The molecule has 0 radical (unpaired) electrons. The summed E-state index contributed by atoms with van der Waals surface area (Å²) in [5, 5.41) is 62.3. The predicted molar refractivity (Wildman–Crippen MR) is 185 cm³/mol. The zero-order chi connectivity index (χ0) is 37.3. The summed E-state index contributed by atoms with van der Waals surface area (Å²) in [5.41, 5.74) is 2.78. The first-order chi connectivity index (χ1) is 25.7. The SMILES string of the molecule is C[C@@H]1O[C@@H](O[C@@H]2C[C@H](O)O[C@H](CO)[C@H]2O[C@@H]2O[C@H](CO)[C@H](O)[C@H](O)[C@H]2O)[C@@H](OCc2ccccc2)[C@H](OCc2ccccc2)[C@@H]1OCc1ccccc1. The smallest absolute Gasteiger partial charge is 0.187 e. The van der Waals surface area contributed by atoms with Crippen LogP contribution in [0.4, 0.5) is 0 Å². The van der Waals surface area contributed by atoms with E-state index in [-0.39, 0.29) is 26.2 Å². The monoisotopic (exact) mass is 742 g/mol. The predicted octanol–water partition coefficient (Wildman–Crippen LogP) is 1.16. The number of hydrogen-bond donors (Lipinski definition) is 6. The Balaban J connectivity index is 1.29. The lowest BCUT2D eigenvalue weighted by Gasteiger charge is -2.48. The Morgan fingerprint density at radius 1 is 0.528 bits per heavy atom. The van der Waals surface area contributed by atoms with E-state index in [4.69, 9.17) is 37.9 Å². The van der Waals surface area contributed by atoms with Gasteiger partial charge >= 0.3 is 0 Å². The molecule has 3 heterocycles. The second-order valence-electron chi connectivity index (χ2n) is 13.5. The minimum atomic E-state index is -1.73. The van der Waals surface area contributed by atoms with Crippen LogP contribution in [0.2, 0.25) is 0 Å². The van der Waals surface area contributed by atoms with Gasteiger partial charge in [0.05, 0.1) is 45.2 Å². The molecule has 3 fully saturated rings. The molecule has 290 valence electrons. The van der Waals surface area contributed by atoms with Crippen LogP contribution in [0.3, 0.4) is 0 Å². The van der Waals surface area contributed by atoms with E-state index in [0.717, 1.165) is 16.7 Å². The Labute approximate surface area is 308 Å². The first-order valence-electron chi connectivity index (χ1n) is 17.9. The third-order valence-corrected chi connectivity index (χ3v) is 9.71. The molecule has 3 aliphatic rings. The summed E-state index contributed by atoms with van der Waals surface area (Å²) in [6.07, 6.45) is -16.8. The molecule has 3 aromatic rings. The molecular formula is C39H50O14. The fourth-order valence-electron chi connectivity index (χ4n) is 6.85. The van der Waals surface area contributed by atoms with Crippen molar-refractivity contribution in [2.75, 3.05) is 13.2 Å². The van der Waals surface area contributed by atoms with Gasteiger partial charge in [-0.15, -0.1) is 0 Å². The molecule has 14 heteroatoms. The van der Waals surface area contributed by atoms with Crippen molar-refractivity contribution in [3.8, 4) is 0 Å². The molecule has 0 aromatic heterocycles. The van der Waals surface area contributed by atoms with Crippen LogP contribution in [-0.4, -0.2) is 130 Å². The number of rotatable bonds is 15. The Bertz CT molecular complexity index is 1490. The molecule has 3 aliphatic heterocycles. The van der Waals surface area contributed by atoms with Crippen LogP contribution < -0.4 is 0 Å². The van der Waals surface area contributed by atoms with Crippen LogP contribution in [0.25, 0.3) is 0 Å². The Morgan fingerprint density at radius 2 is 1.04 bits per heavy atom. The quantitative estimate of drug-likeness (QED) is 0.130. The summed E-state index contributed by atoms with van der Waals surface area (Å²) in [5.74, 6) is 0. The highest BCUT2D eigenvalue weighted by Gasteiger charge is 2.52. The van der Waals surface area contributed by atoms with Crippen molar-refractivity contribution in [3.63, 3.8) is 0 Å². The van der Waals surface area contributed by atoms with Gasteiger partial charge in [0, 0.05) is 6.42 Å². The van der Waals surface area contributed by atoms with E-state index < -0.39 is 99.2 Å². The molecule has 3 aromatic carbocycles. The van der Waals surface area contributed by atoms with Gasteiger partial charge in [0.15, 0.2) is 18.9 Å². The summed E-state index contributed by atoms with van der Waals surface area (Å²) < 4.78 is 50.2. The number of aliphatic hydroxyl groups is 6. The lowest BCUT2D eigenvalue weighted by molar-refractivity contribution is -0.372. The minimum absolute atomic E-state index is 0.151. The number of benzene rings is 3. The van der Waals surface area contributed by atoms with Crippen LogP contribution in [-0.2, 0) is 57.7 Å². The molecule has 0 aliphatic carbocycles. The van der Waals surface area contributed by atoms with Gasteiger partial charge in [-0.1, -0.05) is 91.0 Å². The fourth-order valence-corrected chi connectivity index (χ4v) is 6.85. The highest BCUT2D eigenvalue weighted by molar-refractivity contribution is 5.16. The van der Waals surface area contributed by atoms with E-state index >= 15 is 0 Å². The lowest BCUT2D eigenvalue weighted by atomic mass is 9.96. The van der Waals surface area contributed by atoms with E-state index in [2.05, 4.69) is 0 Å². The highest BCUT2D eigenvalue weighted by atomic mass is 16.8. The molecule has 3 saturated heterocycles. The van der Waals surface area contributed by atoms with Crippen molar-refractivity contribution in [3.05, 3.63) is 108 Å². The maximum absolute atomic E-state index is 10.8. The topological polar surface area (TPSA) is 195 Å². The molecule has 14 atom stereocenters. The van der Waals surface area contributed by atoms with Gasteiger partial charge in [0.1, 0.15) is 54.9 Å². The molecule has 0 unspecified atom stereocenters. The lowest BCUT2D eigenvalue weighted by Crippen LogP contribution is -2.64. The second-order valence-corrected chi connectivity index (χ2v) is 13.5. The molecule has 14 nitrogen and oxygen atoms in total. The fraction of sp³-hybridized carbons (Fsp3) is 0.538. The van der Waals surface area contributed by atoms with Gasteiger partial charge in [-0.25, -0.2) is 0 Å². The normalized spacial score (nSPS) is 36.3. The van der Waals surface area contributed by atoms with Crippen molar-refractivity contribution >= 4 is 0 Å². The third-order valence-electron chi connectivity index (χ3n) is 9.71. The Morgan fingerprint density at radius 3 is 1.57 bits per heavy atom. The Kier molecular flexibility index (Phi) is 14.3. The summed E-state index contributed by atoms with van der Waals surface area (Å²) in [6, 6.07) is 29.0. The van der Waals surface area contributed by atoms with Crippen LogP contribution in [0.1, 0.15) is 30.0 Å². The minimum Gasteiger partial charge on any atom is -0.394 e. The standard InChI is InChI=1S/C39H50O14/c1-23-34(46-20-24-11-5-2-6-12-24)36(47-21-25-13-7-3-8-14-25)37(48-22-26-15-9-4-10-16-26)39(49-23)51-27-17-30(42)50-29(19-41)35(27)53-38-33(45)32(44)31(43)28(18-40)52-38/h2-16,23,27-45H,17-22H2,1H3/t23-,27+,28+,29+,30+,31-,32-,33+,34+,35-,36+,37-,38-,39-/m0/s1. The van der Waals surface area contributed by atoms with E-state index in [9.17, 15) is 30.6 Å². The van der Waals surface area contributed by atoms with Gasteiger partial charge in [-0.3, -0.25) is 0 Å². The van der Waals surface area contributed by atoms with Gasteiger partial charge in [-0.05, 0) is 23.6 Å². The van der Waals surface area contributed by atoms with Gasteiger partial charge < -0.3 is 68.5 Å². The summed E-state index contributed by atoms with van der Waals surface area (Å²) >= 11 is 0. The van der Waals surface area contributed by atoms with Gasteiger partial charge in [0.25, 0.3) is 0 Å². The van der Waals surface area contributed by atoms with Crippen molar-refractivity contribution in [1.82, 2.24) is 0 Å². The molecule has 0 bridgehead atoms. The van der Waals surface area contributed by atoms with E-state index in [1.54, 1.807) is 0 Å². The molecule has 0 saturated carbocycles. The zero-order valence-corrected chi connectivity index (χ0v) is 29.4. The number of aliphatic hydroxyl groups excluding tert-OH is 6. The van der Waals surface area contributed by atoms with Crippen molar-refractivity contribution < 1.29 is 68.5 Å². The van der Waals surface area contributed by atoms with Crippen LogP contribution in [0.15, 0.2) is 91.0 Å².